The minimum Gasteiger partial charge on any atom is -0.349 e. The maximum absolute atomic E-state index is 12.1. The van der Waals surface area contributed by atoms with Gasteiger partial charge in [0.15, 0.2) is 5.69 Å². The van der Waals surface area contributed by atoms with Gasteiger partial charge in [-0.15, -0.1) is 0 Å². The topological polar surface area (TPSA) is 108 Å². The van der Waals surface area contributed by atoms with E-state index in [1.807, 2.05) is 6.92 Å². The Morgan fingerprint density at radius 1 is 1.43 bits per heavy atom. The van der Waals surface area contributed by atoms with Crippen molar-refractivity contribution >= 4 is 27.5 Å². The number of halogens is 1. The van der Waals surface area contributed by atoms with E-state index in [0.717, 1.165) is 0 Å². The van der Waals surface area contributed by atoms with Crippen molar-refractivity contribution in [3.63, 3.8) is 0 Å². The van der Waals surface area contributed by atoms with Gasteiger partial charge in [0.2, 0.25) is 0 Å². The maximum Gasteiger partial charge on any atom is 0.312 e. The molecule has 0 saturated heterocycles. The predicted octanol–water partition coefficient (Wildman–Crippen LogP) is 1.82. The fraction of sp³-hybridized carbons (Fsp3) is 0.462. The number of rotatable bonds is 6. The lowest BCUT2D eigenvalue weighted by Gasteiger charge is -2.05. The van der Waals surface area contributed by atoms with Gasteiger partial charge in [-0.05, 0) is 36.7 Å². The second-order valence-electron chi connectivity index (χ2n) is 4.94. The van der Waals surface area contributed by atoms with Crippen molar-refractivity contribution in [3.05, 3.63) is 37.9 Å². The van der Waals surface area contributed by atoms with Crippen LogP contribution in [0.3, 0.4) is 0 Å². The molecule has 124 valence electrons. The monoisotopic (exact) mass is 384 g/mol. The fourth-order valence-corrected chi connectivity index (χ4v) is 2.74. The molecule has 9 nitrogen and oxygen atoms in total. The molecule has 10 heteroatoms. The van der Waals surface area contributed by atoms with Gasteiger partial charge in [-0.3, -0.25) is 24.3 Å². The summed E-state index contributed by atoms with van der Waals surface area (Å²) < 4.78 is 3.80. The van der Waals surface area contributed by atoms with Crippen molar-refractivity contribution < 1.29 is 9.72 Å². The van der Waals surface area contributed by atoms with Crippen molar-refractivity contribution in [3.8, 4) is 0 Å². The average Bonchev–Trinajstić information content (AvgIpc) is 2.99. The Labute approximate surface area is 140 Å². The number of amides is 1. The molecule has 2 heterocycles. The summed E-state index contributed by atoms with van der Waals surface area (Å²) in [7, 11) is 0. The fourth-order valence-electron chi connectivity index (χ4n) is 2.24. The summed E-state index contributed by atoms with van der Waals surface area (Å²) in [6.07, 6.45) is 1.74. The van der Waals surface area contributed by atoms with Gasteiger partial charge in [-0.1, -0.05) is 0 Å². The number of hydrogen-bond acceptors (Lipinski definition) is 5. The van der Waals surface area contributed by atoms with Crippen LogP contribution in [0, 0.1) is 24.0 Å². The summed E-state index contributed by atoms with van der Waals surface area (Å²) in [5, 5.41) is 22.0. The lowest BCUT2D eigenvalue weighted by molar-refractivity contribution is -0.386. The Kier molecular flexibility index (Phi) is 5.14. The van der Waals surface area contributed by atoms with E-state index in [1.54, 1.807) is 24.7 Å². The van der Waals surface area contributed by atoms with E-state index >= 15 is 0 Å². The van der Waals surface area contributed by atoms with Crippen LogP contribution in [0.2, 0.25) is 0 Å². The highest BCUT2D eigenvalue weighted by molar-refractivity contribution is 9.10. The number of hydrogen-bond donors (Lipinski definition) is 1. The molecule has 0 saturated carbocycles. The van der Waals surface area contributed by atoms with Crippen LogP contribution < -0.4 is 5.32 Å². The molecule has 23 heavy (non-hydrogen) atoms. The summed E-state index contributed by atoms with van der Waals surface area (Å²) in [6.45, 7) is 6.47. The van der Waals surface area contributed by atoms with Gasteiger partial charge in [0.05, 0.1) is 15.9 Å². The minimum absolute atomic E-state index is 0.0146. The van der Waals surface area contributed by atoms with E-state index < -0.39 is 4.92 Å². The van der Waals surface area contributed by atoms with Crippen LogP contribution >= 0.6 is 15.9 Å². The number of nitrogens with zero attached hydrogens (tertiary/aromatic N) is 5. The first-order chi connectivity index (χ1) is 10.8. The van der Waals surface area contributed by atoms with Crippen LogP contribution in [-0.2, 0) is 13.1 Å². The van der Waals surface area contributed by atoms with Crippen LogP contribution in [0.15, 0.2) is 10.7 Å². The number of carbonyl (C=O) groups excluding carboxylic acids is 1. The molecular weight excluding hydrogens is 368 g/mol. The SMILES string of the molecule is CCn1cc(Br)c(C(=O)NCCn2nc(C)c([N+](=O)[O-])c2C)n1. The first kappa shape index (κ1) is 17.1. The van der Waals surface area contributed by atoms with E-state index in [-0.39, 0.29) is 11.6 Å². The smallest absolute Gasteiger partial charge is 0.312 e. The molecular formula is C13H17BrN6O3. The molecule has 0 atom stereocenters. The molecule has 0 unspecified atom stereocenters. The van der Waals surface area contributed by atoms with Crippen LogP contribution in [0.5, 0.6) is 0 Å². The van der Waals surface area contributed by atoms with Crippen LogP contribution in [0.1, 0.15) is 28.8 Å². The van der Waals surface area contributed by atoms with E-state index in [9.17, 15) is 14.9 Å². The van der Waals surface area contributed by atoms with Crippen LogP contribution in [0.25, 0.3) is 0 Å². The first-order valence-corrected chi connectivity index (χ1v) is 7.84. The highest BCUT2D eigenvalue weighted by atomic mass is 79.9. The summed E-state index contributed by atoms with van der Waals surface area (Å²) in [4.78, 5) is 22.6. The van der Waals surface area contributed by atoms with E-state index in [1.165, 1.54) is 4.68 Å². The van der Waals surface area contributed by atoms with Gasteiger partial charge in [0.1, 0.15) is 11.4 Å². The molecule has 0 aliphatic carbocycles. The third-order valence-corrected chi connectivity index (χ3v) is 3.97. The minimum atomic E-state index is -0.443. The highest BCUT2D eigenvalue weighted by Gasteiger charge is 2.21. The molecule has 0 aromatic carbocycles. The Morgan fingerprint density at radius 3 is 2.65 bits per heavy atom. The number of nitrogens with one attached hydrogen (secondary N) is 1. The van der Waals surface area contributed by atoms with E-state index in [0.29, 0.717) is 41.2 Å². The lowest BCUT2D eigenvalue weighted by Crippen LogP contribution is -2.28. The molecule has 2 aromatic rings. The first-order valence-electron chi connectivity index (χ1n) is 7.04. The molecule has 0 radical (unpaired) electrons. The summed E-state index contributed by atoms with van der Waals surface area (Å²) in [5.41, 5.74) is 1.16. The highest BCUT2D eigenvalue weighted by Crippen LogP contribution is 2.21. The third-order valence-electron chi connectivity index (χ3n) is 3.39. The van der Waals surface area contributed by atoms with Gasteiger partial charge >= 0.3 is 5.69 Å². The largest absolute Gasteiger partial charge is 0.349 e. The summed E-state index contributed by atoms with van der Waals surface area (Å²) >= 11 is 3.30. The predicted molar refractivity (Wildman–Crippen MR) is 86.3 cm³/mol. The summed E-state index contributed by atoms with van der Waals surface area (Å²) in [6, 6.07) is 0. The molecule has 1 N–H and O–H groups in total. The second-order valence-corrected chi connectivity index (χ2v) is 5.79. The Balaban J connectivity index is 2.00. The van der Waals surface area contributed by atoms with E-state index in [4.69, 9.17) is 0 Å². The molecule has 2 aromatic heterocycles. The Hall–Kier alpha value is -2.23. The Morgan fingerprint density at radius 2 is 2.13 bits per heavy atom. The van der Waals surface area contributed by atoms with E-state index in [2.05, 4.69) is 31.4 Å². The van der Waals surface area contributed by atoms with Crippen molar-refractivity contribution in [2.45, 2.75) is 33.9 Å². The van der Waals surface area contributed by atoms with Gasteiger partial charge in [-0.2, -0.15) is 10.2 Å². The molecule has 0 spiro atoms. The second kappa shape index (κ2) is 6.90. The van der Waals surface area contributed by atoms with Gasteiger partial charge < -0.3 is 5.32 Å². The molecule has 0 aliphatic rings. The molecule has 2 rings (SSSR count). The van der Waals surface area contributed by atoms with Crippen LogP contribution in [0.4, 0.5) is 5.69 Å². The quantitative estimate of drug-likeness (QED) is 0.603. The lowest BCUT2D eigenvalue weighted by atomic mass is 10.3. The van der Waals surface area contributed by atoms with Gasteiger partial charge in [0, 0.05) is 19.3 Å². The maximum atomic E-state index is 12.1. The molecule has 0 bridgehead atoms. The zero-order valence-corrected chi connectivity index (χ0v) is 14.6. The van der Waals surface area contributed by atoms with Gasteiger partial charge in [-0.25, -0.2) is 0 Å². The van der Waals surface area contributed by atoms with Crippen molar-refractivity contribution in [1.29, 1.82) is 0 Å². The molecule has 1 amide bonds. The third kappa shape index (κ3) is 3.58. The number of aromatic nitrogens is 4. The number of carbonyl (C=O) groups is 1. The number of aryl methyl sites for hydroxylation is 2. The van der Waals surface area contributed by atoms with Crippen molar-refractivity contribution in [2.24, 2.45) is 0 Å². The van der Waals surface area contributed by atoms with Crippen LogP contribution in [-0.4, -0.2) is 36.9 Å². The normalized spacial score (nSPS) is 10.8. The standard InChI is InChI=1S/C13H17BrN6O3/c1-4-18-7-10(14)11(17-18)13(21)15-5-6-19-9(3)12(20(22)23)8(2)16-19/h7H,4-6H2,1-3H3,(H,15,21). The van der Waals surface area contributed by atoms with Crippen molar-refractivity contribution in [2.75, 3.05) is 6.54 Å². The number of nitro groups is 1. The van der Waals surface area contributed by atoms with Crippen molar-refractivity contribution in [1.82, 2.24) is 24.9 Å². The van der Waals surface area contributed by atoms with Gasteiger partial charge in [0.25, 0.3) is 5.91 Å². The summed E-state index contributed by atoms with van der Waals surface area (Å²) in [5.74, 6) is -0.305. The molecule has 0 aliphatic heterocycles. The Bertz CT molecular complexity index is 751. The zero-order valence-electron chi connectivity index (χ0n) is 13.0. The molecule has 0 fully saturated rings. The average molecular weight is 385 g/mol. The zero-order chi connectivity index (χ0) is 17.1.